The lowest BCUT2D eigenvalue weighted by Gasteiger charge is -2.49. The van der Waals surface area contributed by atoms with Gasteiger partial charge in [-0.15, -0.1) is 0 Å². The molecule has 0 saturated heterocycles. The molecule has 0 amide bonds. The number of aliphatic carboxylic acids is 3. The Morgan fingerprint density at radius 2 is 1.11 bits per heavy atom. The maximum Gasteiger partial charge on any atom is 0.362 e. The summed E-state index contributed by atoms with van der Waals surface area (Å²) in [5.41, 5.74) is 0. The SMILES string of the molecule is CCCCCCCCCCC[N+](C(C)C(=O)[O-])(C(C)C(=O)O)C(C)C(=O)O. The van der Waals surface area contributed by atoms with Crippen LogP contribution in [0.25, 0.3) is 0 Å². The first-order chi connectivity index (χ1) is 12.6. The summed E-state index contributed by atoms with van der Waals surface area (Å²) < 4.78 is -0.538. The van der Waals surface area contributed by atoms with Crippen molar-refractivity contribution in [3.8, 4) is 0 Å². The highest BCUT2D eigenvalue weighted by Gasteiger charge is 2.50. The van der Waals surface area contributed by atoms with E-state index in [4.69, 9.17) is 0 Å². The Bertz CT molecular complexity index is 429. The van der Waals surface area contributed by atoms with Crippen LogP contribution in [0.3, 0.4) is 0 Å². The third-order valence-electron chi connectivity index (χ3n) is 5.87. The maximum absolute atomic E-state index is 11.6. The van der Waals surface area contributed by atoms with Gasteiger partial charge in [-0.2, -0.15) is 0 Å². The summed E-state index contributed by atoms with van der Waals surface area (Å²) in [5, 5.41) is 30.5. The van der Waals surface area contributed by atoms with Gasteiger partial charge in [0.15, 0.2) is 12.1 Å². The van der Waals surface area contributed by atoms with E-state index >= 15 is 0 Å². The molecule has 3 atom stereocenters. The topological polar surface area (TPSA) is 115 Å². The molecule has 7 nitrogen and oxygen atoms in total. The van der Waals surface area contributed by atoms with Gasteiger partial charge in [-0.3, -0.25) is 4.48 Å². The van der Waals surface area contributed by atoms with Gasteiger partial charge in [0.1, 0.15) is 6.04 Å². The summed E-state index contributed by atoms with van der Waals surface area (Å²) >= 11 is 0. The molecule has 0 rings (SSSR count). The molecule has 0 aliphatic rings. The lowest BCUT2D eigenvalue weighted by Crippen LogP contribution is -2.72. The molecule has 3 unspecified atom stereocenters. The number of carbonyl (C=O) groups excluding carboxylic acids is 1. The molecule has 0 spiro atoms. The van der Waals surface area contributed by atoms with E-state index < -0.39 is 40.5 Å². The zero-order valence-electron chi connectivity index (χ0n) is 17.3. The van der Waals surface area contributed by atoms with Gasteiger partial charge >= 0.3 is 11.9 Å². The number of nitrogens with zero attached hydrogens (tertiary/aromatic N) is 1. The molecule has 0 aromatic rings. The highest BCUT2D eigenvalue weighted by Crippen LogP contribution is 2.27. The predicted octanol–water partition coefficient (Wildman–Crippen LogP) is 2.42. The molecule has 0 aromatic carbocycles. The number of carboxylic acids is 3. The van der Waals surface area contributed by atoms with Crippen molar-refractivity contribution < 1.29 is 34.2 Å². The van der Waals surface area contributed by atoms with Crippen LogP contribution in [-0.4, -0.2) is 57.3 Å². The minimum Gasteiger partial charge on any atom is -0.544 e. The molecular formula is C20H37NO6. The van der Waals surface area contributed by atoms with E-state index in [0.717, 1.165) is 25.7 Å². The van der Waals surface area contributed by atoms with Crippen LogP contribution in [-0.2, 0) is 14.4 Å². The fraction of sp³-hybridized carbons (Fsp3) is 0.850. The van der Waals surface area contributed by atoms with Crippen LogP contribution in [0.15, 0.2) is 0 Å². The van der Waals surface area contributed by atoms with Crippen LogP contribution in [0, 0.1) is 0 Å². The van der Waals surface area contributed by atoms with Crippen molar-refractivity contribution in [2.24, 2.45) is 0 Å². The summed E-state index contributed by atoms with van der Waals surface area (Å²) in [5.74, 6) is -3.83. The van der Waals surface area contributed by atoms with Crippen LogP contribution >= 0.6 is 0 Å². The van der Waals surface area contributed by atoms with Gasteiger partial charge in [-0.05, 0) is 33.6 Å². The number of quaternary nitrogens is 1. The first kappa shape index (κ1) is 25.4. The number of unbranched alkanes of at least 4 members (excludes halogenated alkanes) is 8. The lowest BCUT2D eigenvalue weighted by atomic mass is 10.00. The summed E-state index contributed by atoms with van der Waals surface area (Å²) in [6.45, 7) is 6.48. The van der Waals surface area contributed by atoms with Crippen molar-refractivity contribution in [2.45, 2.75) is 104 Å². The Kier molecular flexibility index (Phi) is 11.9. The molecule has 0 radical (unpaired) electrons. The van der Waals surface area contributed by atoms with Crippen molar-refractivity contribution in [3.63, 3.8) is 0 Å². The van der Waals surface area contributed by atoms with Gasteiger partial charge in [-0.1, -0.05) is 51.9 Å². The Morgan fingerprint density at radius 3 is 1.44 bits per heavy atom. The quantitative estimate of drug-likeness (QED) is 0.310. The van der Waals surface area contributed by atoms with Crippen molar-refractivity contribution in [1.29, 1.82) is 0 Å². The van der Waals surface area contributed by atoms with E-state index in [1.807, 2.05) is 0 Å². The molecule has 0 saturated carbocycles. The van der Waals surface area contributed by atoms with Crippen molar-refractivity contribution in [3.05, 3.63) is 0 Å². The number of carboxylic acid groups (broad SMARTS) is 3. The average molecular weight is 388 g/mol. The van der Waals surface area contributed by atoms with Gasteiger partial charge in [0.2, 0.25) is 0 Å². The third-order valence-corrected chi connectivity index (χ3v) is 5.87. The number of rotatable bonds is 16. The maximum atomic E-state index is 11.6. The van der Waals surface area contributed by atoms with Crippen molar-refractivity contribution >= 4 is 17.9 Å². The zero-order chi connectivity index (χ0) is 21.0. The normalized spacial score (nSPS) is 16.9. The molecule has 158 valence electrons. The predicted molar refractivity (Wildman–Crippen MR) is 101 cm³/mol. The van der Waals surface area contributed by atoms with Crippen LogP contribution in [0.4, 0.5) is 0 Å². The molecule has 0 aliphatic carbocycles. The van der Waals surface area contributed by atoms with E-state index in [9.17, 15) is 29.7 Å². The summed E-state index contributed by atoms with van der Waals surface area (Å²) in [4.78, 5) is 34.8. The summed E-state index contributed by atoms with van der Waals surface area (Å²) in [7, 11) is 0. The molecule has 0 aliphatic heterocycles. The van der Waals surface area contributed by atoms with Gasteiger partial charge < -0.3 is 20.1 Å². The first-order valence-corrected chi connectivity index (χ1v) is 10.2. The minimum atomic E-state index is -1.42. The van der Waals surface area contributed by atoms with E-state index in [1.54, 1.807) is 0 Å². The Balaban J connectivity index is 5.02. The minimum absolute atomic E-state index is 0.186. The molecule has 0 bridgehead atoms. The number of hydrogen-bond donors (Lipinski definition) is 2. The molecule has 2 N–H and O–H groups in total. The molecule has 27 heavy (non-hydrogen) atoms. The van der Waals surface area contributed by atoms with E-state index in [0.29, 0.717) is 6.42 Å². The van der Waals surface area contributed by atoms with Gasteiger partial charge in [0.25, 0.3) is 0 Å². The van der Waals surface area contributed by atoms with E-state index in [2.05, 4.69) is 6.92 Å². The van der Waals surface area contributed by atoms with Crippen LogP contribution in [0.2, 0.25) is 0 Å². The average Bonchev–Trinajstić information content (AvgIpc) is 2.61. The molecule has 7 heteroatoms. The van der Waals surface area contributed by atoms with Crippen LogP contribution in [0.5, 0.6) is 0 Å². The highest BCUT2D eigenvalue weighted by atomic mass is 16.4. The Morgan fingerprint density at radius 1 is 0.741 bits per heavy atom. The van der Waals surface area contributed by atoms with E-state index in [1.165, 1.54) is 46.5 Å². The smallest absolute Gasteiger partial charge is 0.362 e. The van der Waals surface area contributed by atoms with Crippen molar-refractivity contribution in [2.75, 3.05) is 6.54 Å². The van der Waals surface area contributed by atoms with Gasteiger partial charge in [0, 0.05) is 0 Å². The second-order valence-corrected chi connectivity index (χ2v) is 7.57. The second kappa shape index (κ2) is 12.7. The monoisotopic (exact) mass is 387 g/mol. The molecular weight excluding hydrogens is 350 g/mol. The highest BCUT2D eigenvalue weighted by molar-refractivity contribution is 5.76. The zero-order valence-corrected chi connectivity index (χ0v) is 17.3. The van der Waals surface area contributed by atoms with E-state index in [-0.39, 0.29) is 6.54 Å². The fourth-order valence-corrected chi connectivity index (χ4v) is 3.89. The van der Waals surface area contributed by atoms with Gasteiger partial charge in [-0.25, -0.2) is 9.59 Å². The Hall–Kier alpha value is -1.63. The lowest BCUT2D eigenvalue weighted by molar-refractivity contribution is -0.969. The third kappa shape index (κ3) is 7.48. The summed E-state index contributed by atoms with van der Waals surface area (Å²) in [6, 6.07) is -3.53. The Labute approximate surface area is 163 Å². The van der Waals surface area contributed by atoms with Crippen LogP contribution < -0.4 is 5.11 Å². The largest absolute Gasteiger partial charge is 0.544 e. The molecule has 0 heterocycles. The second-order valence-electron chi connectivity index (χ2n) is 7.57. The number of hydrogen-bond acceptors (Lipinski definition) is 4. The van der Waals surface area contributed by atoms with Gasteiger partial charge in [0.05, 0.1) is 12.5 Å². The number of carbonyl (C=O) groups is 3. The fourth-order valence-electron chi connectivity index (χ4n) is 3.89. The van der Waals surface area contributed by atoms with Crippen molar-refractivity contribution in [1.82, 2.24) is 0 Å². The molecule has 0 aromatic heterocycles. The first-order valence-electron chi connectivity index (χ1n) is 10.2. The summed E-state index contributed by atoms with van der Waals surface area (Å²) in [6.07, 6.45) is 9.55. The molecule has 0 fully saturated rings. The van der Waals surface area contributed by atoms with Crippen LogP contribution in [0.1, 0.15) is 85.5 Å². The standard InChI is InChI=1S/C20H37NO6/c1-5-6-7-8-9-10-11-12-13-14-21(15(2)18(22)23,16(3)19(24)25)17(4)20(26)27/h15-17H,5-14H2,1-4H3,(H2-,22,23,24,25,26,27).